The molecule has 0 spiro atoms. The standard InChI is InChI=1S/C21H26N4O2S/c1-23-16-19(20-8-5-10-22-21(20)23)9-11-24-12-14-25(15-13-24)28(26,27)17-18-6-3-2-4-7-18/h2-8,10,16H,9,11-15,17H2,1H3. The van der Waals surface area contributed by atoms with E-state index in [0.717, 1.165) is 37.3 Å². The van der Waals surface area contributed by atoms with Crippen molar-refractivity contribution in [1.29, 1.82) is 0 Å². The second-order valence-electron chi connectivity index (χ2n) is 7.37. The molecule has 0 N–H and O–H groups in total. The number of piperazine rings is 1. The van der Waals surface area contributed by atoms with Crippen molar-refractivity contribution in [2.24, 2.45) is 7.05 Å². The molecule has 6 nitrogen and oxygen atoms in total. The monoisotopic (exact) mass is 398 g/mol. The molecule has 1 aromatic carbocycles. The van der Waals surface area contributed by atoms with E-state index in [9.17, 15) is 8.42 Å². The quantitative estimate of drug-likeness (QED) is 0.639. The van der Waals surface area contributed by atoms with Crippen LogP contribution in [0.3, 0.4) is 0 Å². The zero-order valence-corrected chi connectivity index (χ0v) is 17.0. The Kier molecular flexibility index (Phi) is 5.48. The van der Waals surface area contributed by atoms with E-state index in [-0.39, 0.29) is 5.75 Å². The molecule has 0 atom stereocenters. The Morgan fingerprint density at radius 1 is 1.00 bits per heavy atom. The summed E-state index contributed by atoms with van der Waals surface area (Å²) in [6.45, 7) is 3.60. The Labute approximate surface area is 166 Å². The van der Waals surface area contributed by atoms with Crippen molar-refractivity contribution in [2.75, 3.05) is 32.7 Å². The van der Waals surface area contributed by atoms with Gasteiger partial charge in [0, 0.05) is 57.6 Å². The van der Waals surface area contributed by atoms with Gasteiger partial charge in [-0.3, -0.25) is 0 Å². The molecule has 0 unspecified atom stereocenters. The van der Waals surface area contributed by atoms with Crippen LogP contribution >= 0.6 is 0 Å². The number of pyridine rings is 1. The van der Waals surface area contributed by atoms with Crippen molar-refractivity contribution in [2.45, 2.75) is 12.2 Å². The van der Waals surface area contributed by atoms with Gasteiger partial charge in [0.15, 0.2) is 0 Å². The second-order valence-corrected chi connectivity index (χ2v) is 9.34. The molecule has 2 aromatic heterocycles. The molecule has 1 aliphatic heterocycles. The van der Waals surface area contributed by atoms with Crippen LogP contribution in [0.2, 0.25) is 0 Å². The Morgan fingerprint density at radius 3 is 2.50 bits per heavy atom. The molecule has 3 heterocycles. The molecule has 0 bridgehead atoms. The fourth-order valence-electron chi connectivity index (χ4n) is 3.88. The Bertz CT molecular complexity index is 1040. The van der Waals surface area contributed by atoms with Crippen LogP contribution in [0.15, 0.2) is 54.9 Å². The summed E-state index contributed by atoms with van der Waals surface area (Å²) >= 11 is 0. The lowest BCUT2D eigenvalue weighted by Crippen LogP contribution is -2.49. The molecule has 4 rings (SSSR count). The first-order chi connectivity index (χ1) is 13.5. The molecule has 28 heavy (non-hydrogen) atoms. The smallest absolute Gasteiger partial charge is 0.218 e. The van der Waals surface area contributed by atoms with Gasteiger partial charge in [0.2, 0.25) is 10.0 Å². The third-order valence-corrected chi connectivity index (χ3v) is 7.28. The van der Waals surface area contributed by atoms with Crippen LogP contribution in [-0.4, -0.2) is 59.9 Å². The summed E-state index contributed by atoms with van der Waals surface area (Å²) in [5, 5.41) is 1.20. The van der Waals surface area contributed by atoms with Crippen LogP contribution < -0.4 is 0 Å². The van der Waals surface area contributed by atoms with Gasteiger partial charge in [-0.1, -0.05) is 30.3 Å². The largest absolute Gasteiger partial charge is 0.335 e. The molecule has 7 heteroatoms. The molecule has 3 aromatic rings. The highest BCUT2D eigenvalue weighted by Gasteiger charge is 2.27. The van der Waals surface area contributed by atoms with E-state index in [2.05, 4.69) is 26.7 Å². The molecular weight excluding hydrogens is 372 g/mol. The van der Waals surface area contributed by atoms with Gasteiger partial charge in [0.05, 0.1) is 5.75 Å². The second kappa shape index (κ2) is 8.03. The van der Waals surface area contributed by atoms with Crippen molar-refractivity contribution in [3.05, 3.63) is 66.0 Å². The summed E-state index contributed by atoms with van der Waals surface area (Å²) in [4.78, 5) is 6.79. The summed E-state index contributed by atoms with van der Waals surface area (Å²) in [6.07, 6.45) is 4.92. The Morgan fingerprint density at radius 2 is 1.75 bits per heavy atom. The minimum absolute atomic E-state index is 0.0802. The van der Waals surface area contributed by atoms with Crippen molar-refractivity contribution in [3.8, 4) is 0 Å². The van der Waals surface area contributed by atoms with Crippen molar-refractivity contribution in [3.63, 3.8) is 0 Å². The number of nitrogens with zero attached hydrogens (tertiary/aromatic N) is 4. The SMILES string of the molecule is Cn1cc(CCN2CCN(S(=O)(=O)Cc3ccccc3)CC2)c2cccnc21. The lowest BCUT2D eigenvalue weighted by Gasteiger charge is -2.34. The predicted octanol–water partition coefficient (Wildman–Crippen LogP) is 2.26. The third-order valence-electron chi connectivity index (χ3n) is 5.43. The van der Waals surface area contributed by atoms with Crippen molar-refractivity contribution < 1.29 is 8.42 Å². The summed E-state index contributed by atoms with van der Waals surface area (Å²) in [5.74, 6) is 0.0802. The van der Waals surface area contributed by atoms with Gasteiger partial charge in [-0.2, -0.15) is 4.31 Å². The average Bonchev–Trinajstić information content (AvgIpc) is 3.03. The Balaban J connectivity index is 1.33. The van der Waals surface area contributed by atoms with Gasteiger partial charge in [0.25, 0.3) is 0 Å². The predicted molar refractivity (Wildman–Crippen MR) is 111 cm³/mol. The van der Waals surface area contributed by atoms with Crippen LogP contribution in [0.25, 0.3) is 11.0 Å². The fraction of sp³-hybridized carbons (Fsp3) is 0.381. The van der Waals surface area contributed by atoms with Crippen LogP contribution in [0.4, 0.5) is 0 Å². The minimum Gasteiger partial charge on any atom is -0.335 e. The molecule has 0 aliphatic carbocycles. The summed E-state index contributed by atoms with van der Waals surface area (Å²) in [7, 11) is -1.23. The molecule has 148 valence electrons. The maximum atomic E-state index is 12.7. The molecule has 0 radical (unpaired) electrons. The molecule has 1 fully saturated rings. The Hall–Kier alpha value is -2.22. The zero-order chi connectivity index (χ0) is 19.6. The van der Waals surface area contributed by atoms with Gasteiger partial charge in [-0.15, -0.1) is 0 Å². The molecule has 1 aliphatic rings. The number of aromatic nitrogens is 2. The maximum absolute atomic E-state index is 12.7. The lowest BCUT2D eigenvalue weighted by atomic mass is 10.1. The highest BCUT2D eigenvalue weighted by molar-refractivity contribution is 7.88. The van der Waals surface area contributed by atoms with Gasteiger partial charge in [0.1, 0.15) is 5.65 Å². The molecule has 0 saturated carbocycles. The molecular formula is C21H26N4O2S. The first-order valence-electron chi connectivity index (χ1n) is 9.66. The van der Waals surface area contributed by atoms with E-state index in [1.165, 1.54) is 10.9 Å². The summed E-state index contributed by atoms with van der Waals surface area (Å²) < 4.78 is 29.1. The highest BCUT2D eigenvalue weighted by atomic mass is 32.2. The van der Waals surface area contributed by atoms with E-state index < -0.39 is 10.0 Å². The number of hydrogen-bond acceptors (Lipinski definition) is 4. The minimum atomic E-state index is -3.26. The average molecular weight is 399 g/mol. The van der Waals surface area contributed by atoms with Gasteiger partial charge < -0.3 is 9.47 Å². The number of hydrogen-bond donors (Lipinski definition) is 0. The fourth-order valence-corrected chi connectivity index (χ4v) is 5.39. The van der Waals surface area contributed by atoms with Crippen molar-refractivity contribution in [1.82, 2.24) is 18.8 Å². The number of fused-ring (bicyclic) bond motifs is 1. The van der Waals surface area contributed by atoms with Crippen LogP contribution in [0.5, 0.6) is 0 Å². The van der Waals surface area contributed by atoms with E-state index in [0.29, 0.717) is 13.1 Å². The molecule has 1 saturated heterocycles. The normalized spacial score (nSPS) is 16.6. The summed E-state index contributed by atoms with van der Waals surface area (Å²) in [6, 6.07) is 13.5. The van der Waals surface area contributed by atoms with Crippen LogP contribution in [0, 0.1) is 0 Å². The van der Waals surface area contributed by atoms with E-state index in [4.69, 9.17) is 0 Å². The van der Waals surface area contributed by atoms with Gasteiger partial charge in [-0.05, 0) is 29.7 Å². The first kappa shape index (κ1) is 19.1. The van der Waals surface area contributed by atoms with E-state index in [1.807, 2.05) is 49.6 Å². The number of aryl methyl sites for hydroxylation is 1. The topological polar surface area (TPSA) is 58.4 Å². The van der Waals surface area contributed by atoms with Crippen LogP contribution in [0.1, 0.15) is 11.1 Å². The third kappa shape index (κ3) is 4.11. The summed E-state index contributed by atoms with van der Waals surface area (Å²) in [5.41, 5.74) is 3.15. The lowest BCUT2D eigenvalue weighted by molar-refractivity contribution is 0.190. The first-order valence-corrected chi connectivity index (χ1v) is 11.3. The highest BCUT2D eigenvalue weighted by Crippen LogP contribution is 2.20. The van der Waals surface area contributed by atoms with E-state index in [1.54, 1.807) is 4.31 Å². The van der Waals surface area contributed by atoms with Crippen LogP contribution in [-0.2, 0) is 29.2 Å². The van der Waals surface area contributed by atoms with Gasteiger partial charge >= 0.3 is 0 Å². The maximum Gasteiger partial charge on any atom is 0.218 e. The van der Waals surface area contributed by atoms with E-state index >= 15 is 0 Å². The number of sulfonamides is 1. The number of benzene rings is 1. The number of rotatable bonds is 6. The van der Waals surface area contributed by atoms with Gasteiger partial charge in [-0.25, -0.2) is 13.4 Å². The molecule has 0 amide bonds. The zero-order valence-electron chi connectivity index (χ0n) is 16.2. The van der Waals surface area contributed by atoms with Crippen molar-refractivity contribution >= 4 is 21.1 Å².